The molecule has 43 heavy (non-hydrogen) atoms. The summed E-state index contributed by atoms with van der Waals surface area (Å²) in [6.07, 6.45) is 5.01. The molecule has 2 fully saturated rings. The number of nitriles is 1. The first-order chi connectivity index (χ1) is 20.9. The molecule has 2 aromatic carbocycles. The second kappa shape index (κ2) is 12.3. The second-order valence-electron chi connectivity index (χ2n) is 11.1. The lowest BCUT2D eigenvalue weighted by atomic mass is 10.0. The van der Waals surface area contributed by atoms with Gasteiger partial charge < -0.3 is 19.4 Å². The van der Waals surface area contributed by atoms with Crippen LogP contribution in [0.5, 0.6) is 0 Å². The van der Waals surface area contributed by atoms with E-state index in [1.807, 2.05) is 42.5 Å². The topological polar surface area (TPSA) is 88.3 Å². The number of carbonyl (C=O) groups is 1. The Balaban J connectivity index is 1.43. The van der Waals surface area contributed by atoms with Crippen LogP contribution in [-0.2, 0) is 9.53 Å². The zero-order chi connectivity index (χ0) is 30.1. The zero-order valence-corrected chi connectivity index (χ0v) is 24.8. The molecule has 0 N–H and O–H groups in total. The molecule has 1 aromatic heterocycles. The third-order valence-electron chi connectivity index (χ3n) is 8.56. The molecule has 6 rings (SSSR count). The number of hydrogen-bond acceptors (Lipinski definition) is 8. The molecule has 4 heterocycles. The van der Waals surface area contributed by atoms with Gasteiger partial charge in [-0.25, -0.2) is 9.38 Å². The minimum absolute atomic E-state index is 0.0561. The molecule has 3 aromatic rings. The summed E-state index contributed by atoms with van der Waals surface area (Å²) in [5, 5.41) is 12.0. The molecule has 222 valence electrons. The van der Waals surface area contributed by atoms with Crippen LogP contribution in [0.3, 0.4) is 0 Å². The van der Waals surface area contributed by atoms with Gasteiger partial charge in [-0.05, 0) is 50.0 Å². The molecule has 0 aliphatic carbocycles. The number of aromatic nitrogens is 1. The van der Waals surface area contributed by atoms with Gasteiger partial charge in [0, 0.05) is 42.8 Å². The first-order valence-electron chi connectivity index (χ1n) is 14.4. The van der Waals surface area contributed by atoms with Gasteiger partial charge in [-0.3, -0.25) is 14.7 Å². The van der Waals surface area contributed by atoms with Crippen molar-refractivity contribution in [1.29, 1.82) is 5.26 Å². The summed E-state index contributed by atoms with van der Waals surface area (Å²) in [6.45, 7) is 5.63. The van der Waals surface area contributed by atoms with E-state index in [2.05, 4.69) is 39.4 Å². The Morgan fingerprint density at radius 1 is 1.16 bits per heavy atom. The summed E-state index contributed by atoms with van der Waals surface area (Å²) in [4.78, 5) is 30.0. The van der Waals surface area contributed by atoms with Gasteiger partial charge in [0.2, 0.25) is 6.35 Å². The van der Waals surface area contributed by atoms with E-state index in [0.717, 1.165) is 47.1 Å². The number of rotatable bonds is 6. The van der Waals surface area contributed by atoms with Gasteiger partial charge in [0.25, 0.3) is 5.91 Å². The third-order valence-corrected chi connectivity index (χ3v) is 8.87. The number of likely N-dealkylation sites (N-methyl/N-ethyl adjacent to an activating group) is 1. The standard InChI is InChI=1S/C32H33ClFN7O2/c1-21(34)31(42)40-17-16-39(19-23(40)11-13-35)30-25-12-14-36-18-28(25)41(32(37-30)43-20-24-8-5-15-38(24)2)27-10-4-7-22-6-3-9-26(33)29(22)27/h3-4,6-7,9-10,12,14,18,23-24,32H,1,5,8,11,15-17,19-20H2,2H3/t23-,24-,32+/m0/s1. The highest BCUT2D eigenvalue weighted by molar-refractivity contribution is 6.36. The number of aliphatic imine (C=N–C) groups is 1. The van der Waals surface area contributed by atoms with Crippen LogP contribution in [0.1, 0.15) is 24.8 Å². The summed E-state index contributed by atoms with van der Waals surface area (Å²) in [5.74, 6) is -1.13. The molecule has 2 saturated heterocycles. The van der Waals surface area contributed by atoms with Crippen molar-refractivity contribution >= 4 is 45.5 Å². The number of nitrogens with zero attached hydrogens (tertiary/aromatic N) is 7. The molecular formula is C32H33ClFN7O2. The van der Waals surface area contributed by atoms with Gasteiger partial charge in [-0.15, -0.1) is 0 Å². The van der Waals surface area contributed by atoms with Crippen LogP contribution in [0.25, 0.3) is 10.8 Å². The van der Waals surface area contributed by atoms with E-state index in [0.29, 0.717) is 30.6 Å². The number of amidine groups is 1. The maximum atomic E-state index is 13.8. The van der Waals surface area contributed by atoms with E-state index < -0.39 is 24.1 Å². The maximum Gasteiger partial charge on any atom is 0.282 e. The minimum Gasteiger partial charge on any atom is -0.352 e. The number of fused-ring (bicyclic) bond motifs is 2. The molecule has 3 atom stereocenters. The molecule has 0 unspecified atom stereocenters. The minimum atomic E-state index is -1.03. The molecule has 3 aliphatic rings. The molecule has 0 radical (unpaired) electrons. The van der Waals surface area contributed by atoms with Crippen LogP contribution in [0.2, 0.25) is 5.02 Å². The van der Waals surface area contributed by atoms with Crippen LogP contribution in [0.15, 0.2) is 72.3 Å². The molecule has 11 heteroatoms. The van der Waals surface area contributed by atoms with Crippen molar-refractivity contribution in [1.82, 2.24) is 19.7 Å². The number of hydrogen-bond donors (Lipinski definition) is 0. The fourth-order valence-electron chi connectivity index (χ4n) is 6.35. The van der Waals surface area contributed by atoms with Crippen LogP contribution in [-0.4, -0.2) is 89.7 Å². The van der Waals surface area contributed by atoms with Gasteiger partial charge in [0.1, 0.15) is 5.84 Å². The van der Waals surface area contributed by atoms with Gasteiger partial charge in [0.15, 0.2) is 5.83 Å². The van der Waals surface area contributed by atoms with Gasteiger partial charge in [0.05, 0.1) is 47.7 Å². The Morgan fingerprint density at radius 2 is 1.98 bits per heavy atom. The van der Waals surface area contributed by atoms with Crippen LogP contribution < -0.4 is 4.90 Å². The molecule has 1 amide bonds. The monoisotopic (exact) mass is 601 g/mol. The van der Waals surface area contributed by atoms with E-state index in [9.17, 15) is 14.4 Å². The van der Waals surface area contributed by atoms with Crippen LogP contribution >= 0.6 is 11.6 Å². The van der Waals surface area contributed by atoms with E-state index >= 15 is 0 Å². The van der Waals surface area contributed by atoms with E-state index in [4.69, 9.17) is 21.3 Å². The SMILES string of the molecule is C=C(F)C(=O)N1CCN(C2=N[C@@H](OC[C@@H]3CCCN3C)N(c3cccc4cccc(Cl)c34)c3cnccc32)C[C@@H]1CC#N. The Labute approximate surface area is 255 Å². The average molecular weight is 602 g/mol. The number of carbonyl (C=O) groups excluding carboxylic acids is 1. The Kier molecular flexibility index (Phi) is 8.30. The number of halogens is 2. The summed E-state index contributed by atoms with van der Waals surface area (Å²) in [5.41, 5.74) is 2.49. The molecule has 0 saturated carbocycles. The quantitative estimate of drug-likeness (QED) is 0.364. The fourth-order valence-corrected chi connectivity index (χ4v) is 6.62. The van der Waals surface area contributed by atoms with Crippen molar-refractivity contribution < 1.29 is 13.9 Å². The van der Waals surface area contributed by atoms with Crippen molar-refractivity contribution in [3.63, 3.8) is 0 Å². The van der Waals surface area contributed by atoms with Crippen LogP contribution in [0, 0.1) is 11.3 Å². The highest BCUT2D eigenvalue weighted by atomic mass is 35.5. The Morgan fingerprint density at radius 3 is 2.72 bits per heavy atom. The number of pyridine rings is 1. The van der Waals surface area contributed by atoms with Crippen molar-refractivity contribution in [3.8, 4) is 6.07 Å². The lowest BCUT2D eigenvalue weighted by Gasteiger charge is -2.44. The molecule has 0 bridgehead atoms. The Bertz CT molecular complexity index is 1620. The van der Waals surface area contributed by atoms with Crippen molar-refractivity contribution in [3.05, 3.63) is 77.9 Å². The van der Waals surface area contributed by atoms with Gasteiger partial charge >= 0.3 is 0 Å². The summed E-state index contributed by atoms with van der Waals surface area (Å²) >= 11 is 6.79. The molecule has 0 spiro atoms. The lowest BCUT2D eigenvalue weighted by molar-refractivity contribution is -0.132. The van der Waals surface area contributed by atoms with Crippen LogP contribution in [0.4, 0.5) is 15.8 Å². The van der Waals surface area contributed by atoms with Gasteiger partial charge in [-0.1, -0.05) is 42.4 Å². The normalized spacial score (nSPS) is 22.3. The predicted molar refractivity (Wildman–Crippen MR) is 165 cm³/mol. The number of benzene rings is 2. The largest absolute Gasteiger partial charge is 0.352 e. The van der Waals surface area contributed by atoms with Crippen molar-refractivity contribution in [2.75, 3.05) is 44.7 Å². The summed E-state index contributed by atoms with van der Waals surface area (Å²) < 4.78 is 20.5. The molecule has 9 nitrogen and oxygen atoms in total. The highest BCUT2D eigenvalue weighted by Gasteiger charge is 2.38. The summed E-state index contributed by atoms with van der Waals surface area (Å²) in [6, 6.07) is 15.7. The molecule has 3 aliphatic heterocycles. The zero-order valence-electron chi connectivity index (χ0n) is 24.0. The first-order valence-corrected chi connectivity index (χ1v) is 14.8. The lowest BCUT2D eigenvalue weighted by Crippen LogP contribution is -2.57. The highest BCUT2D eigenvalue weighted by Crippen LogP contribution is 2.42. The first kappa shape index (κ1) is 29.1. The second-order valence-corrected chi connectivity index (χ2v) is 11.5. The predicted octanol–water partition coefficient (Wildman–Crippen LogP) is 5.09. The number of ether oxygens (including phenoxy) is 1. The van der Waals surface area contributed by atoms with E-state index in [1.165, 1.54) is 4.90 Å². The van der Waals surface area contributed by atoms with E-state index in [1.54, 1.807) is 12.4 Å². The number of anilines is 2. The average Bonchev–Trinajstić information content (AvgIpc) is 3.43. The number of piperazine rings is 1. The van der Waals surface area contributed by atoms with E-state index in [-0.39, 0.29) is 19.0 Å². The third kappa shape index (κ3) is 5.56. The fraction of sp³-hybridized carbons (Fsp3) is 0.375. The number of likely N-dealkylation sites (tertiary alicyclic amines) is 1. The summed E-state index contributed by atoms with van der Waals surface area (Å²) in [7, 11) is 2.11. The number of amides is 1. The smallest absolute Gasteiger partial charge is 0.282 e. The van der Waals surface area contributed by atoms with Crippen molar-refractivity contribution in [2.45, 2.75) is 37.7 Å². The van der Waals surface area contributed by atoms with Crippen molar-refractivity contribution in [2.24, 2.45) is 4.99 Å². The molecular weight excluding hydrogens is 569 g/mol. The van der Waals surface area contributed by atoms with Gasteiger partial charge in [-0.2, -0.15) is 5.26 Å². The maximum absolute atomic E-state index is 13.8. The Hall–Kier alpha value is -4.04.